The van der Waals surface area contributed by atoms with Gasteiger partial charge in [0.05, 0.1) is 4.92 Å². The molecule has 0 amide bonds. The Bertz CT molecular complexity index is 641. The largest absolute Gasteiger partial charge is 0.488 e. The monoisotopic (exact) mass is 273 g/mol. The Morgan fingerprint density at radius 2 is 2.00 bits per heavy atom. The molecule has 0 N–H and O–H groups in total. The summed E-state index contributed by atoms with van der Waals surface area (Å²) in [6.07, 6.45) is 2.21. The van der Waals surface area contributed by atoms with E-state index in [1.54, 1.807) is 36.4 Å². The van der Waals surface area contributed by atoms with Gasteiger partial charge in [-0.05, 0) is 23.8 Å². The summed E-state index contributed by atoms with van der Waals surface area (Å²) in [4.78, 5) is 9.80. The third-order valence-electron chi connectivity index (χ3n) is 2.58. The number of para-hydroxylation sites is 1. The molecule has 0 atom stereocenters. The number of rotatable bonds is 5. The van der Waals surface area contributed by atoms with E-state index in [1.165, 1.54) is 18.2 Å². The zero-order valence-electron chi connectivity index (χ0n) is 10.5. The quantitative estimate of drug-likeness (QED) is 0.617. The Balaban J connectivity index is 2.11. The number of halogens is 1. The molecule has 20 heavy (non-hydrogen) atoms. The van der Waals surface area contributed by atoms with Crippen LogP contribution in [0, 0.1) is 15.9 Å². The van der Waals surface area contributed by atoms with E-state index in [9.17, 15) is 14.5 Å². The van der Waals surface area contributed by atoms with Crippen LogP contribution in [-0.2, 0) is 6.61 Å². The Morgan fingerprint density at radius 1 is 1.20 bits per heavy atom. The Kier molecular flexibility index (Phi) is 4.44. The van der Waals surface area contributed by atoms with Gasteiger partial charge in [-0.2, -0.15) is 0 Å². The van der Waals surface area contributed by atoms with E-state index in [-0.39, 0.29) is 12.4 Å². The van der Waals surface area contributed by atoms with Crippen LogP contribution >= 0.6 is 0 Å². The maximum Gasteiger partial charge on any atom is 0.235 e. The number of nitro groups is 1. The molecule has 102 valence electrons. The standard InChI is InChI=1S/C15H12FNO3/c16-14-6-3-4-12(10-14)11-20-15-7-2-1-5-13(15)8-9-17(18)19/h1-10H,11H2. The molecule has 0 aliphatic rings. The number of ether oxygens (including phenoxy) is 1. The van der Waals surface area contributed by atoms with Gasteiger partial charge >= 0.3 is 0 Å². The van der Waals surface area contributed by atoms with Crippen molar-refractivity contribution in [3.8, 4) is 5.75 Å². The Hall–Kier alpha value is -2.69. The molecule has 2 aromatic rings. The van der Waals surface area contributed by atoms with Gasteiger partial charge in [0.1, 0.15) is 18.2 Å². The lowest BCUT2D eigenvalue weighted by Gasteiger charge is -2.08. The average Bonchev–Trinajstić information content (AvgIpc) is 2.44. The number of hydrogen-bond donors (Lipinski definition) is 0. The molecule has 0 saturated heterocycles. The smallest absolute Gasteiger partial charge is 0.235 e. The lowest BCUT2D eigenvalue weighted by atomic mass is 10.2. The predicted octanol–water partition coefficient (Wildman–Crippen LogP) is 3.65. The molecule has 0 fully saturated rings. The molecule has 4 nitrogen and oxygen atoms in total. The third-order valence-corrected chi connectivity index (χ3v) is 2.58. The average molecular weight is 273 g/mol. The molecule has 0 bridgehead atoms. The topological polar surface area (TPSA) is 52.4 Å². The summed E-state index contributed by atoms with van der Waals surface area (Å²) in [6, 6.07) is 13.0. The van der Waals surface area contributed by atoms with Crippen LogP contribution in [0.1, 0.15) is 11.1 Å². The minimum Gasteiger partial charge on any atom is -0.488 e. The van der Waals surface area contributed by atoms with Crippen molar-refractivity contribution in [3.63, 3.8) is 0 Å². The molecule has 0 spiro atoms. The summed E-state index contributed by atoms with van der Waals surface area (Å²) in [5, 5.41) is 10.3. The highest BCUT2D eigenvalue weighted by Gasteiger charge is 2.02. The predicted molar refractivity (Wildman–Crippen MR) is 73.2 cm³/mol. The number of nitrogens with zero attached hydrogens (tertiary/aromatic N) is 1. The van der Waals surface area contributed by atoms with Crippen LogP contribution in [0.15, 0.2) is 54.7 Å². The van der Waals surface area contributed by atoms with E-state index in [2.05, 4.69) is 0 Å². The zero-order chi connectivity index (χ0) is 14.4. The van der Waals surface area contributed by atoms with Crippen molar-refractivity contribution in [2.75, 3.05) is 0 Å². The summed E-state index contributed by atoms with van der Waals surface area (Å²) in [6.45, 7) is 0.196. The lowest BCUT2D eigenvalue weighted by molar-refractivity contribution is -0.400. The Labute approximate surface area is 115 Å². The second kappa shape index (κ2) is 6.47. The molecule has 5 heteroatoms. The van der Waals surface area contributed by atoms with Crippen LogP contribution in [0.2, 0.25) is 0 Å². The molecule has 0 radical (unpaired) electrons. The van der Waals surface area contributed by atoms with Crippen LogP contribution in [-0.4, -0.2) is 4.92 Å². The van der Waals surface area contributed by atoms with Gasteiger partial charge in [-0.25, -0.2) is 4.39 Å². The molecular formula is C15H12FNO3. The highest BCUT2D eigenvalue weighted by atomic mass is 19.1. The first kappa shape index (κ1) is 13.7. The molecular weight excluding hydrogens is 261 g/mol. The molecule has 0 unspecified atom stereocenters. The first-order valence-electron chi connectivity index (χ1n) is 5.93. The van der Waals surface area contributed by atoms with Crippen molar-refractivity contribution in [1.29, 1.82) is 0 Å². The maximum atomic E-state index is 13.0. The Morgan fingerprint density at radius 3 is 2.75 bits per heavy atom. The van der Waals surface area contributed by atoms with Crippen LogP contribution < -0.4 is 4.74 Å². The second-order valence-corrected chi connectivity index (χ2v) is 4.06. The van der Waals surface area contributed by atoms with Gasteiger partial charge in [0.15, 0.2) is 0 Å². The van der Waals surface area contributed by atoms with Gasteiger partial charge in [-0.1, -0.05) is 30.3 Å². The first-order chi connectivity index (χ1) is 9.65. The molecule has 0 aliphatic heterocycles. The molecule has 0 heterocycles. The summed E-state index contributed by atoms with van der Waals surface area (Å²) >= 11 is 0. The third kappa shape index (κ3) is 3.91. The minimum atomic E-state index is -0.538. The molecule has 0 aromatic heterocycles. The van der Waals surface area contributed by atoms with E-state index in [1.807, 2.05) is 0 Å². The van der Waals surface area contributed by atoms with E-state index in [4.69, 9.17) is 4.74 Å². The van der Waals surface area contributed by atoms with Crippen LogP contribution in [0.25, 0.3) is 6.08 Å². The summed E-state index contributed by atoms with van der Waals surface area (Å²) < 4.78 is 18.6. The molecule has 0 aliphatic carbocycles. The summed E-state index contributed by atoms with van der Waals surface area (Å²) in [7, 11) is 0. The van der Waals surface area contributed by atoms with Crippen LogP contribution in [0.4, 0.5) is 4.39 Å². The van der Waals surface area contributed by atoms with E-state index < -0.39 is 4.92 Å². The number of benzene rings is 2. The van der Waals surface area contributed by atoms with Gasteiger partial charge in [0.25, 0.3) is 0 Å². The van der Waals surface area contributed by atoms with Crippen molar-refractivity contribution >= 4 is 6.08 Å². The summed E-state index contributed by atoms with van der Waals surface area (Å²) in [5.74, 6) is 0.183. The van der Waals surface area contributed by atoms with Crippen molar-refractivity contribution in [2.24, 2.45) is 0 Å². The fourth-order valence-electron chi connectivity index (χ4n) is 1.68. The normalized spacial score (nSPS) is 10.7. The second-order valence-electron chi connectivity index (χ2n) is 4.06. The minimum absolute atomic E-state index is 0.196. The van der Waals surface area contributed by atoms with E-state index in [0.717, 1.165) is 6.20 Å². The zero-order valence-corrected chi connectivity index (χ0v) is 10.5. The SMILES string of the molecule is O=[N+]([O-])C=Cc1ccccc1OCc1cccc(F)c1. The highest BCUT2D eigenvalue weighted by molar-refractivity contribution is 5.56. The maximum absolute atomic E-state index is 13.0. The summed E-state index contributed by atoms with van der Waals surface area (Å²) in [5.41, 5.74) is 1.29. The fourth-order valence-corrected chi connectivity index (χ4v) is 1.68. The van der Waals surface area contributed by atoms with Gasteiger partial charge in [-0.15, -0.1) is 0 Å². The van der Waals surface area contributed by atoms with Crippen LogP contribution in [0.5, 0.6) is 5.75 Å². The van der Waals surface area contributed by atoms with E-state index in [0.29, 0.717) is 16.9 Å². The van der Waals surface area contributed by atoms with Gasteiger partial charge < -0.3 is 4.74 Å². The van der Waals surface area contributed by atoms with Crippen molar-refractivity contribution in [2.45, 2.75) is 6.61 Å². The highest BCUT2D eigenvalue weighted by Crippen LogP contribution is 2.21. The first-order valence-corrected chi connectivity index (χ1v) is 5.93. The van der Waals surface area contributed by atoms with E-state index >= 15 is 0 Å². The fraction of sp³-hybridized carbons (Fsp3) is 0.0667. The lowest BCUT2D eigenvalue weighted by Crippen LogP contribution is -1.97. The van der Waals surface area contributed by atoms with Gasteiger partial charge in [0.2, 0.25) is 6.20 Å². The van der Waals surface area contributed by atoms with Crippen LogP contribution in [0.3, 0.4) is 0 Å². The van der Waals surface area contributed by atoms with Gasteiger partial charge in [0, 0.05) is 11.6 Å². The van der Waals surface area contributed by atoms with Crippen molar-refractivity contribution in [3.05, 3.63) is 81.8 Å². The molecule has 0 saturated carbocycles. The molecule has 2 aromatic carbocycles. The molecule has 2 rings (SSSR count). The van der Waals surface area contributed by atoms with Crippen molar-refractivity contribution < 1.29 is 14.1 Å². The number of hydrogen-bond acceptors (Lipinski definition) is 3. The van der Waals surface area contributed by atoms with Gasteiger partial charge in [-0.3, -0.25) is 10.1 Å². The van der Waals surface area contributed by atoms with Crippen molar-refractivity contribution in [1.82, 2.24) is 0 Å².